The summed E-state index contributed by atoms with van der Waals surface area (Å²) < 4.78 is 5.55. The first-order chi connectivity index (χ1) is 7.57. The van der Waals surface area contributed by atoms with Gasteiger partial charge in [0, 0.05) is 5.92 Å². The van der Waals surface area contributed by atoms with Gasteiger partial charge in [-0.25, -0.2) is 0 Å². The molecule has 0 radical (unpaired) electrons. The van der Waals surface area contributed by atoms with E-state index in [0.29, 0.717) is 19.1 Å². The van der Waals surface area contributed by atoms with Crippen LogP contribution in [0, 0.1) is 11.8 Å². The second-order valence-electron chi connectivity index (χ2n) is 4.70. The number of ether oxygens (including phenoxy) is 1. The Morgan fingerprint density at radius 2 is 2.00 bits per heavy atom. The van der Waals surface area contributed by atoms with Crippen LogP contribution < -0.4 is 0 Å². The Hall–Kier alpha value is -0.900. The van der Waals surface area contributed by atoms with E-state index in [4.69, 9.17) is 4.74 Å². The Kier molecular flexibility index (Phi) is 3.28. The number of hydrogen-bond donors (Lipinski definition) is 2. The summed E-state index contributed by atoms with van der Waals surface area (Å²) in [5.41, 5.74) is 1.15. The lowest BCUT2D eigenvalue weighted by molar-refractivity contribution is -0.165. The molecule has 0 saturated heterocycles. The third-order valence-electron chi connectivity index (χ3n) is 3.07. The van der Waals surface area contributed by atoms with Gasteiger partial charge in [-0.15, -0.1) is 0 Å². The lowest BCUT2D eigenvalue weighted by Crippen LogP contribution is -2.27. The molecule has 3 nitrogen and oxygen atoms in total. The maximum Gasteiger partial charge on any atom is 0.162 e. The van der Waals surface area contributed by atoms with Crippen LogP contribution in [0.2, 0.25) is 0 Å². The summed E-state index contributed by atoms with van der Waals surface area (Å²) in [5, 5.41) is 18.7. The molecule has 1 aliphatic rings. The lowest BCUT2D eigenvalue weighted by Gasteiger charge is -2.15. The van der Waals surface area contributed by atoms with E-state index in [9.17, 15) is 10.2 Å². The van der Waals surface area contributed by atoms with E-state index >= 15 is 0 Å². The van der Waals surface area contributed by atoms with Gasteiger partial charge >= 0.3 is 0 Å². The van der Waals surface area contributed by atoms with E-state index in [0.717, 1.165) is 12.0 Å². The van der Waals surface area contributed by atoms with Crippen molar-refractivity contribution in [1.82, 2.24) is 0 Å². The minimum atomic E-state index is -1.54. The summed E-state index contributed by atoms with van der Waals surface area (Å²) in [7, 11) is 0. The second kappa shape index (κ2) is 4.53. The normalized spacial score (nSPS) is 24.4. The zero-order valence-corrected chi connectivity index (χ0v) is 9.47. The Morgan fingerprint density at radius 1 is 1.31 bits per heavy atom. The molecule has 1 aromatic rings. The Labute approximate surface area is 95.7 Å². The van der Waals surface area contributed by atoms with Crippen LogP contribution in [0.1, 0.15) is 18.9 Å². The van der Waals surface area contributed by atoms with Crippen molar-refractivity contribution in [3.8, 4) is 0 Å². The van der Waals surface area contributed by atoms with Crippen molar-refractivity contribution >= 4 is 0 Å². The lowest BCUT2D eigenvalue weighted by atomic mass is 10.2. The van der Waals surface area contributed by atoms with Crippen molar-refractivity contribution in [2.75, 3.05) is 6.61 Å². The molecule has 0 amide bonds. The third kappa shape index (κ3) is 3.04. The Bertz CT molecular complexity index is 329. The average Bonchev–Trinajstić information content (AvgIpc) is 2.98. The number of rotatable bonds is 5. The summed E-state index contributed by atoms with van der Waals surface area (Å²) in [6, 6.07) is 9.98. The second-order valence-corrected chi connectivity index (χ2v) is 4.70. The van der Waals surface area contributed by atoms with Crippen LogP contribution >= 0.6 is 0 Å². The molecule has 0 spiro atoms. The van der Waals surface area contributed by atoms with Crippen molar-refractivity contribution in [1.29, 1.82) is 0 Å². The minimum absolute atomic E-state index is 0.0247. The maximum atomic E-state index is 9.34. The molecule has 1 aliphatic carbocycles. The summed E-state index contributed by atoms with van der Waals surface area (Å²) in [4.78, 5) is 0. The van der Waals surface area contributed by atoms with Crippen molar-refractivity contribution in [2.24, 2.45) is 11.8 Å². The van der Waals surface area contributed by atoms with Crippen molar-refractivity contribution < 1.29 is 14.9 Å². The van der Waals surface area contributed by atoms with Gasteiger partial charge in [-0.2, -0.15) is 0 Å². The molecule has 0 heterocycles. The van der Waals surface area contributed by atoms with Crippen LogP contribution in [-0.2, 0) is 11.3 Å². The largest absolute Gasteiger partial charge is 0.376 e. The fourth-order valence-electron chi connectivity index (χ4n) is 2.00. The number of benzene rings is 1. The average molecular weight is 222 g/mol. The monoisotopic (exact) mass is 222 g/mol. The van der Waals surface area contributed by atoms with Crippen LogP contribution in [0.5, 0.6) is 0 Å². The number of aliphatic hydroxyl groups is 2. The van der Waals surface area contributed by atoms with Gasteiger partial charge in [0.25, 0.3) is 0 Å². The van der Waals surface area contributed by atoms with Crippen LogP contribution in [0.4, 0.5) is 0 Å². The molecule has 0 aliphatic heterocycles. The fourth-order valence-corrected chi connectivity index (χ4v) is 2.00. The van der Waals surface area contributed by atoms with E-state index in [1.54, 1.807) is 0 Å². The predicted molar refractivity (Wildman–Crippen MR) is 60.5 cm³/mol. The first-order valence-electron chi connectivity index (χ1n) is 5.64. The highest BCUT2D eigenvalue weighted by atomic mass is 16.5. The molecule has 1 aromatic carbocycles. The zero-order chi connectivity index (χ0) is 11.6. The van der Waals surface area contributed by atoms with Gasteiger partial charge in [0.2, 0.25) is 0 Å². The minimum Gasteiger partial charge on any atom is -0.376 e. The van der Waals surface area contributed by atoms with Gasteiger partial charge in [0.1, 0.15) is 0 Å². The highest BCUT2D eigenvalue weighted by Gasteiger charge is 2.48. The molecule has 2 N–H and O–H groups in total. The van der Waals surface area contributed by atoms with Gasteiger partial charge < -0.3 is 14.9 Å². The molecular formula is C13H18O3. The summed E-state index contributed by atoms with van der Waals surface area (Å²) in [6.07, 6.45) is 0.846. The van der Waals surface area contributed by atoms with E-state index in [1.807, 2.05) is 30.3 Å². The molecule has 2 rings (SSSR count). The molecular weight excluding hydrogens is 204 g/mol. The SMILES string of the molecule is CC(O)(O)C1CC1COCc1ccccc1. The van der Waals surface area contributed by atoms with Crippen molar-refractivity contribution in [3.63, 3.8) is 0 Å². The van der Waals surface area contributed by atoms with Gasteiger partial charge in [0.05, 0.1) is 13.2 Å². The molecule has 0 bridgehead atoms. The molecule has 3 heteroatoms. The van der Waals surface area contributed by atoms with Gasteiger partial charge in [-0.05, 0) is 24.8 Å². The van der Waals surface area contributed by atoms with E-state index in [-0.39, 0.29) is 5.92 Å². The third-order valence-corrected chi connectivity index (χ3v) is 3.07. The molecule has 0 aromatic heterocycles. The highest BCUT2D eigenvalue weighted by Crippen LogP contribution is 2.45. The zero-order valence-electron chi connectivity index (χ0n) is 9.47. The smallest absolute Gasteiger partial charge is 0.162 e. The fraction of sp³-hybridized carbons (Fsp3) is 0.538. The molecule has 88 valence electrons. The van der Waals surface area contributed by atoms with Crippen molar-refractivity contribution in [3.05, 3.63) is 35.9 Å². The summed E-state index contributed by atoms with van der Waals surface area (Å²) >= 11 is 0. The van der Waals surface area contributed by atoms with Crippen LogP contribution in [-0.4, -0.2) is 22.6 Å². The predicted octanol–water partition coefficient (Wildman–Crippen LogP) is 1.54. The highest BCUT2D eigenvalue weighted by molar-refractivity contribution is 5.13. The van der Waals surface area contributed by atoms with Gasteiger partial charge in [-0.1, -0.05) is 30.3 Å². The van der Waals surface area contributed by atoms with Crippen molar-refractivity contribution in [2.45, 2.75) is 25.7 Å². The first-order valence-corrected chi connectivity index (χ1v) is 5.64. The standard InChI is InChI=1S/C13H18O3/c1-13(14,15)12-7-11(12)9-16-8-10-5-3-2-4-6-10/h2-6,11-12,14-15H,7-9H2,1H3. The number of hydrogen-bond acceptors (Lipinski definition) is 3. The van der Waals surface area contributed by atoms with Gasteiger partial charge in [-0.3, -0.25) is 0 Å². The van der Waals surface area contributed by atoms with Crippen LogP contribution in [0.25, 0.3) is 0 Å². The molecule has 2 atom stereocenters. The molecule has 1 saturated carbocycles. The van der Waals surface area contributed by atoms with Crippen LogP contribution in [0.15, 0.2) is 30.3 Å². The Morgan fingerprint density at radius 3 is 2.56 bits per heavy atom. The van der Waals surface area contributed by atoms with Gasteiger partial charge in [0.15, 0.2) is 5.79 Å². The van der Waals surface area contributed by atoms with E-state index < -0.39 is 5.79 Å². The summed E-state index contributed by atoms with van der Waals surface area (Å²) in [6.45, 7) is 2.64. The molecule has 1 fully saturated rings. The quantitative estimate of drug-likeness (QED) is 0.743. The molecule has 2 unspecified atom stereocenters. The first kappa shape index (κ1) is 11.6. The van der Waals surface area contributed by atoms with Crippen LogP contribution in [0.3, 0.4) is 0 Å². The maximum absolute atomic E-state index is 9.34. The summed E-state index contributed by atoms with van der Waals surface area (Å²) in [5.74, 6) is -1.27. The molecule has 16 heavy (non-hydrogen) atoms. The Balaban J connectivity index is 1.68. The van der Waals surface area contributed by atoms with E-state index in [1.165, 1.54) is 6.92 Å². The van der Waals surface area contributed by atoms with E-state index in [2.05, 4.69) is 0 Å². The topological polar surface area (TPSA) is 49.7 Å².